The number of fused-ring (bicyclic) bond motifs is 4. The number of anilines is 4. The molecule has 0 radical (unpaired) electrons. The lowest BCUT2D eigenvalue weighted by Crippen LogP contribution is -2.40. The highest BCUT2D eigenvalue weighted by Gasteiger charge is 2.50. The van der Waals surface area contributed by atoms with E-state index in [1.807, 2.05) is 96.1 Å². The maximum absolute atomic E-state index is 14.8. The molecule has 4 aliphatic heterocycles. The van der Waals surface area contributed by atoms with E-state index in [1.165, 1.54) is 72.2 Å². The van der Waals surface area contributed by atoms with Gasteiger partial charge in [-0.05, 0) is 158 Å². The normalized spacial score (nSPS) is 17.9. The molecule has 16 rings (SSSR count). The number of hydrogen-bond donors (Lipinski definition) is 8. The lowest BCUT2D eigenvalue weighted by atomic mass is 9.77. The van der Waals surface area contributed by atoms with E-state index >= 15 is 0 Å². The van der Waals surface area contributed by atoms with E-state index < -0.39 is 94.6 Å². The number of imidazole rings is 4. The Morgan fingerprint density at radius 3 is 1.00 bits per heavy atom. The van der Waals surface area contributed by atoms with Crippen molar-refractivity contribution >= 4 is 115 Å². The average Bonchev–Trinajstić information content (AvgIpc) is 1.61. The summed E-state index contributed by atoms with van der Waals surface area (Å²) in [6.45, 7) is 15.1. The molecule has 4 saturated heterocycles. The maximum atomic E-state index is 14.8. The Balaban J connectivity index is 0.000000156. The summed E-state index contributed by atoms with van der Waals surface area (Å²) in [5.41, 5.74) is 1.86. The number of alkyl halides is 11. The number of nitrogens with one attached hydrogen (secondary N) is 4. The van der Waals surface area contributed by atoms with Gasteiger partial charge in [-0.25, -0.2) is 41.9 Å². The van der Waals surface area contributed by atoms with Crippen molar-refractivity contribution in [3.05, 3.63) is 237 Å². The van der Waals surface area contributed by atoms with Crippen LogP contribution < -0.4 is 21.3 Å². The highest BCUT2D eigenvalue weighted by atomic mass is 19.4. The molecule has 5 atom stereocenters. The second kappa shape index (κ2) is 41.6. The molecule has 0 bridgehead atoms. The zero-order valence-corrected chi connectivity index (χ0v) is 77.9. The lowest BCUT2D eigenvalue weighted by Gasteiger charge is -2.29. The zero-order valence-electron chi connectivity index (χ0n) is 77.9. The number of rotatable bonds is 26. The van der Waals surface area contributed by atoms with Crippen molar-refractivity contribution in [2.45, 2.75) is 149 Å². The van der Waals surface area contributed by atoms with Crippen LogP contribution >= 0.6 is 0 Å². The van der Waals surface area contributed by atoms with Gasteiger partial charge in [-0.1, -0.05) is 102 Å². The van der Waals surface area contributed by atoms with E-state index in [0.29, 0.717) is 116 Å². The molecule has 4 aliphatic rings. The van der Waals surface area contributed by atoms with Gasteiger partial charge in [0.25, 0.3) is 42.4 Å². The summed E-state index contributed by atoms with van der Waals surface area (Å²) in [5.74, 6) is -2.21. The molecule has 4 aromatic heterocycles. The average molecular weight is 1940 g/mol. The Hall–Kier alpha value is -13.6. The maximum Gasteiger partial charge on any atom is 0.416 e. The highest BCUT2D eigenvalue weighted by Crippen LogP contribution is 2.48. The summed E-state index contributed by atoms with van der Waals surface area (Å²) in [5, 5.41) is 48.0. The lowest BCUT2D eigenvalue weighted by molar-refractivity contribution is -0.151. The molecule has 5 unspecified atom stereocenters. The van der Waals surface area contributed by atoms with Crippen LogP contribution in [0.5, 0.6) is 0 Å². The summed E-state index contributed by atoms with van der Waals surface area (Å²) in [7, 11) is 7.02. The van der Waals surface area contributed by atoms with Crippen LogP contribution in [0.3, 0.4) is 0 Å². The molecule has 12 aromatic rings. The van der Waals surface area contributed by atoms with Gasteiger partial charge in [-0.2, -0.15) is 26.3 Å². The fourth-order valence-electron chi connectivity index (χ4n) is 17.9. The predicted octanol–water partition coefficient (Wildman–Crippen LogP) is 16.2. The van der Waals surface area contributed by atoms with Crippen LogP contribution in [0.25, 0.3) is 44.1 Å². The molecule has 29 nitrogen and oxygen atoms in total. The van der Waals surface area contributed by atoms with Crippen LogP contribution in [-0.4, -0.2) is 219 Å². The third-order valence-corrected chi connectivity index (χ3v) is 25.6. The van der Waals surface area contributed by atoms with Gasteiger partial charge in [0.1, 0.15) is 5.67 Å². The number of nitrogens with zero attached hydrogens (tertiary/aromatic N) is 12. The molecule has 0 saturated carbocycles. The first kappa shape index (κ1) is 103. The number of hydrogen-bond acceptors (Lipinski definition) is 17. The molecule has 8 heterocycles. The van der Waals surface area contributed by atoms with E-state index in [4.69, 9.17) is 4.74 Å². The molecule has 8 amide bonds. The Morgan fingerprint density at radius 2 is 0.705 bits per heavy atom. The minimum Gasteiger partial charge on any atom is -0.396 e. The first-order valence-electron chi connectivity index (χ1n) is 44.7. The summed E-state index contributed by atoms with van der Waals surface area (Å²) in [6.07, 6.45) is -14.1. The Labute approximate surface area is 791 Å². The van der Waals surface area contributed by atoms with Gasteiger partial charge in [-0.3, -0.25) is 59.6 Å². The number of aliphatic hydroxyl groups excluding tert-OH is 4. The first-order valence-corrected chi connectivity index (χ1v) is 44.7. The van der Waals surface area contributed by atoms with E-state index in [-0.39, 0.29) is 125 Å². The Bertz CT molecular complexity index is 6430. The number of likely N-dealkylation sites (N-methyl/N-ethyl adjacent to an activating group) is 4. The largest absolute Gasteiger partial charge is 0.416 e. The number of halogens is 11. The smallest absolute Gasteiger partial charge is 0.396 e. The number of carbonyl (C=O) groups is 8. The molecule has 738 valence electrons. The SMILES string of the molecule is CN1CC(c2ccc3c(c2)nc(NC(=O)c2cccc(C(F)(F)F)c2)n3CCCO)C(C)(C)C1=O.CN1CC(c2ccc3c(c2)nc(NC(=O)c2cccc(C(F)(F)F)c2)n3CCCO)C(C)(C)C1=O.CN1CC(c2ccc3c(c2)nc(NC(=O)c2cccc(C(F)F)c2)n3CCCO)C(C)(C)C1=O.CN1CCOC(c2ccc3c(c2)nc(NC(=O)c2cccc(C(F)F)c2)n3CC(C)(F)CO)C1=O. The number of aryl methyl sites for hydroxylation is 3. The number of benzene rings is 8. The van der Waals surface area contributed by atoms with Crippen LogP contribution in [0.15, 0.2) is 170 Å². The van der Waals surface area contributed by atoms with Crippen LogP contribution in [0.4, 0.5) is 72.1 Å². The van der Waals surface area contributed by atoms with Crippen LogP contribution in [-0.2, 0) is 62.4 Å². The summed E-state index contributed by atoms with van der Waals surface area (Å²) >= 11 is 0. The van der Waals surface area contributed by atoms with Crippen molar-refractivity contribution in [1.82, 2.24) is 57.8 Å². The fraction of sp³-hybridized carbons (Fsp3) is 0.394. The van der Waals surface area contributed by atoms with E-state index in [1.54, 1.807) is 79.7 Å². The van der Waals surface area contributed by atoms with Crippen molar-refractivity contribution in [2.75, 3.05) is 109 Å². The molecule has 8 N–H and O–H groups in total. The summed E-state index contributed by atoms with van der Waals surface area (Å²) in [6, 6.07) is 40.7. The predicted molar refractivity (Wildman–Crippen MR) is 497 cm³/mol. The van der Waals surface area contributed by atoms with Gasteiger partial charge < -0.3 is 63.0 Å². The number of aromatic nitrogens is 8. The van der Waals surface area contributed by atoms with Crippen molar-refractivity contribution in [3.8, 4) is 0 Å². The number of aliphatic hydroxyl groups is 4. The monoisotopic (exact) mass is 1940 g/mol. The van der Waals surface area contributed by atoms with E-state index in [2.05, 4.69) is 41.2 Å². The number of carbonyl (C=O) groups excluding carboxylic acids is 8. The minimum atomic E-state index is -4.57. The van der Waals surface area contributed by atoms with Crippen LogP contribution in [0, 0.1) is 16.2 Å². The third kappa shape index (κ3) is 22.4. The molecule has 139 heavy (non-hydrogen) atoms. The molecular weight excluding hydrogens is 1830 g/mol. The quantitative estimate of drug-likeness (QED) is 0.0233. The Morgan fingerprint density at radius 1 is 0.410 bits per heavy atom. The standard InChI is InChI=1S/2C25H27F3N4O3.C25H28F2N4O3.C24H25F3N4O4/c2*1-24(2)18(14-31(3)22(24)35)15-8-9-20-19(13-15)29-23(32(20)10-5-11-33)30-21(34)16-6-4-7-17(12-16)25(26,27)28;1-25(2)18(14-30(3)23(25)34)15-8-9-20-19(13-15)28-24(31(20)10-5-11-32)29-22(33)17-7-4-6-16(12-17)21(26)27;1-24(27,13-32)12-31-18-7-6-14(19-22(34)30(2)8-9-35-19)11-17(18)28-23(31)29-21(33)16-5-3-4-15(10-16)20(25)26/h2*4,6-9,12-13,18,33H,5,10-11,14H2,1-3H3,(H,29,30,34);4,6-9,12-13,18,21,32H,5,10-11,14H2,1-3H3,(H,28,29,33);3-7,10-11,19-20,32H,8-9,12-13H2,1-2H3,(H,28,29,33). The fourth-order valence-corrected chi connectivity index (χ4v) is 17.9. The summed E-state index contributed by atoms with van der Waals surface area (Å²) in [4.78, 5) is 126. The number of ether oxygens (including phenoxy) is 1. The Kier molecular flexibility index (Phi) is 30.8. The van der Waals surface area contributed by atoms with E-state index in [0.717, 1.165) is 58.6 Å². The van der Waals surface area contributed by atoms with Crippen molar-refractivity contribution < 1.29 is 112 Å². The number of amides is 8. The second-order valence-corrected chi connectivity index (χ2v) is 36.8. The molecule has 8 aromatic carbocycles. The van der Waals surface area contributed by atoms with Crippen molar-refractivity contribution in [2.24, 2.45) is 16.2 Å². The van der Waals surface area contributed by atoms with E-state index in [9.17, 15) is 107 Å². The molecule has 0 spiro atoms. The number of morpholine rings is 1. The second-order valence-electron chi connectivity index (χ2n) is 36.8. The highest BCUT2D eigenvalue weighted by molar-refractivity contribution is 6.07. The van der Waals surface area contributed by atoms with Crippen molar-refractivity contribution in [1.29, 1.82) is 0 Å². The summed E-state index contributed by atoms with van der Waals surface area (Å²) < 4.78 is 158. The molecule has 0 aliphatic carbocycles. The minimum absolute atomic E-state index is 0.00730. The van der Waals surface area contributed by atoms with Gasteiger partial charge >= 0.3 is 12.4 Å². The molecule has 40 heteroatoms. The topological polar surface area (TPSA) is 359 Å². The van der Waals surface area contributed by atoms with Gasteiger partial charge in [0, 0.05) is 145 Å². The van der Waals surface area contributed by atoms with Crippen LogP contribution in [0.1, 0.15) is 190 Å². The first-order chi connectivity index (χ1) is 65.6. The van der Waals surface area contributed by atoms with Gasteiger partial charge in [-0.15, -0.1) is 0 Å². The van der Waals surface area contributed by atoms with Crippen molar-refractivity contribution in [3.63, 3.8) is 0 Å². The molecular formula is C99H107F11N16O13. The van der Waals surface area contributed by atoms with Gasteiger partial charge in [0.15, 0.2) is 6.10 Å². The molecule has 4 fully saturated rings. The van der Waals surface area contributed by atoms with Crippen LogP contribution in [0.2, 0.25) is 0 Å². The third-order valence-electron chi connectivity index (χ3n) is 25.6. The zero-order chi connectivity index (χ0) is 101. The van der Waals surface area contributed by atoms with Gasteiger partial charge in [0.05, 0.1) is 91.3 Å². The van der Waals surface area contributed by atoms with Gasteiger partial charge in [0.2, 0.25) is 41.5 Å². The number of likely N-dealkylation sites (tertiary alicyclic amines) is 3.